The highest BCUT2D eigenvalue weighted by molar-refractivity contribution is 5.94. The Morgan fingerprint density at radius 3 is 2.68 bits per heavy atom. The Morgan fingerprint density at radius 2 is 2.18 bits per heavy atom. The van der Waals surface area contributed by atoms with Crippen LogP contribution in [0.5, 0.6) is 0 Å². The predicted octanol–water partition coefficient (Wildman–Crippen LogP) is 2.54. The standard InChI is InChI=1S/C17H20N4O/c1-5-15(14-10-19-21(4)11-14)16-8-12(17(22)20(2)3)6-7-13(16)9-18/h6-8,10-11,15H,5H2,1-4H3/t15-/m0/s1. The van der Waals surface area contributed by atoms with Gasteiger partial charge in [0.25, 0.3) is 5.91 Å². The van der Waals surface area contributed by atoms with E-state index < -0.39 is 0 Å². The summed E-state index contributed by atoms with van der Waals surface area (Å²) in [6, 6.07) is 7.50. The summed E-state index contributed by atoms with van der Waals surface area (Å²) in [7, 11) is 5.31. The zero-order valence-corrected chi connectivity index (χ0v) is 13.4. The second-order valence-corrected chi connectivity index (χ2v) is 5.52. The number of aryl methyl sites for hydroxylation is 1. The first-order chi connectivity index (χ1) is 10.5. The number of amides is 1. The van der Waals surface area contributed by atoms with Gasteiger partial charge in [0.05, 0.1) is 17.8 Å². The monoisotopic (exact) mass is 296 g/mol. The molecule has 0 bridgehead atoms. The van der Waals surface area contributed by atoms with E-state index in [1.165, 1.54) is 4.90 Å². The van der Waals surface area contributed by atoms with E-state index >= 15 is 0 Å². The summed E-state index contributed by atoms with van der Waals surface area (Å²) in [6.45, 7) is 2.07. The number of hydrogen-bond donors (Lipinski definition) is 0. The number of benzene rings is 1. The van der Waals surface area contributed by atoms with Gasteiger partial charge in [-0.25, -0.2) is 0 Å². The summed E-state index contributed by atoms with van der Waals surface area (Å²) in [5.41, 5.74) is 3.13. The van der Waals surface area contributed by atoms with E-state index in [0.29, 0.717) is 11.1 Å². The van der Waals surface area contributed by atoms with E-state index in [-0.39, 0.29) is 11.8 Å². The second-order valence-electron chi connectivity index (χ2n) is 5.52. The van der Waals surface area contributed by atoms with Crippen LogP contribution in [0.1, 0.15) is 46.3 Å². The third kappa shape index (κ3) is 3.01. The Kier molecular flexibility index (Phi) is 4.62. The van der Waals surface area contributed by atoms with Gasteiger partial charge in [0.15, 0.2) is 0 Å². The number of carbonyl (C=O) groups excluding carboxylic acids is 1. The zero-order chi connectivity index (χ0) is 16.3. The summed E-state index contributed by atoms with van der Waals surface area (Å²) in [4.78, 5) is 13.7. The highest BCUT2D eigenvalue weighted by Crippen LogP contribution is 2.30. The summed E-state index contributed by atoms with van der Waals surface area (Å²) in [5, 5.41) is 13.6. The van der Waals surface area contributed by atoms with Crippen LogP contribution in [0.3, 0.4) is 0 Å². The van der Waals surface area contributed by atoms with Crippen LogP contribution in [-0.4, -0.2) is 34.7 Å². The van der Waals surface area contributed by atoms with E-state index in [1.54, 1.807) is 30.9 Å². The van der Waals surface area contributed by atoms with E-state index in [2.05, 4.69) is 18.1 Å². The molecule has 5 nitrogen and oxygen atoms in total. The van der Waals surface area contributed by atoms with Gasteiger partial charge in [-0.05, 0) is 35.7 Å². The van der Waals surface area contributed by atoms with E-state index in [0.717, 1.165) is 17.5 Å². The third-order valence-corrected chi connectivity index (χ3v) is 3.74. The fraction of sp³-hybridized carbons (Fsp3) is 0.353. The lowest BCUT2D eigenvalue weighted by molar-refractivity contribution is 0.0827. The minimum atomic E-state index is -0.0632. The topological polar surface area (TPSA) is 61.9 Å². The Hall–Kier alpha value is -2.61. The lowest BCUT2D eigenvalue weighted by atomic mass is 9.87. The molecule has 1 amide bonds. The van der Waals surface area contributed by atoms with E-state index in [9.17, 15) is 10.1 Å². The van der Waals surface area contributed by atoms with Gasteiger partial charge in [0.1, 0.15) is 0 Å². The van der Waals surface area contributed by atoms with Crippen LogP contribution in [0.15, 0.2) is 30.6 Å². The molecule has 1 atom stereocenters. The first kappa shape index (κ1) is 15.8. The van der Waals surface area contributed by atoms with Crippen molar-refractivity contribution < 1.29 is 4.79 Å². The van der Waals surface area contributed by atoms with E-state index in [1.807, 2.05) is 25.5 Å². The molecule has 0 aliphatic heterocycles. The molecule has 2 rings (SSSR count). The summed E-state index contributed by atoms with van der Waals surface area (Å²) < 4.78 is 1.75. The first-order valence-corrected chi connectivity index (χ1v) is 7.22. The van der Waals surface area contributed by atoms with Crippen molar-refractivity contribution in [3.8, 4) is 6.07 Å². The minimum Gasteiger partial charge on any atom is -0.345 e. The summed E-state index contributed by atoms with van der Waals surface area (Å²) in [5.74, 6) is -0.00922. The molecule has 0 saturated heterocycles. The van der Waals surface area contributed by atoms with Crippen molar-refractivity contribution in [2.45, 2.75) is 19.3 Å². The average molecular weight is 296 g/mol. The summed E-state index contributed by atoms with van der Waals surface area (Å²) >= 11 is 0. The van der Waals surface area contributed by atoms with Gasteiger partial charge in [0.2, 0.25) is 0 Å². The van der Waals surface area contributed by atoms with Gasteiger partial charge < -0.3 is 4.90 Å². The third-order valence-electron chi connectivity index (χ3n) is 3.74. The highest BCUT2D eigenvalue weighted by atomic mass is 16.2. The molecule has 0 aliphatic carbocycles. The molecule has 1 heterocycles. The van der Waals surface area contributed by atoms with Crippen LogP contribution in [0.25, 0.3) is 0 Å². The quantitative estimate of drug-likeness (QED) is 0.871. The molecule has 0 spiro atoms. The predicted molar refractivity (Wildman–Crippen MR) is 84.5 cm³/mol. The fourth-order valence-corrected chi connectivity index (χ4v) is 2.60. The lowest BCUT2D eigenvalue weighted by Gasteiger charge is -2.17. The molecular weight excluding hydrogens is 276 g/mol. The molecule has 0 N–H and O–H groups in total. The molecule has 5 heteroatoms. The van der Waals surface area contributed by atoms with Crippen LogP contribution < -0.4 is 0 Å². The maximum Gasteiger partial charge on any atom is 0.253 e. The number of aromatic nitrogens is 2. The van der Waals surface area contributed by atoms with Crippen molar-refractivity contribution in [2.24, 2.45) is 7.05 Å². The highest BCUT2D eigenvalue weighted by Gasteiger charge is 2.20. The van der Waals surface area contributed by atoms with Crippen molar-refractivity contribution >= 4 is 5.91 Å². The molecule has 22 heavy (non-hydrogen) atoms. The van der Waals surface area contributed by atoms with Gasteiger partial charge in [-0.3, -0.25) is 9.48 Å². The molecule has 2 aromatic rings. The van der Waals surface area contributed by atoms with Gasteiger partial charge in [0, 0.05) is 38.8 Å². The SMILES string of the molecule is CC[C@@H](c1cnn(C)c1)c1cc(C(=O)N(C)C)ccc1C#N. The lowest BCUT2D eigenvalue weighted by Crippen LogP contribution is -2.22. The van der Waals surface area contributed by atoms with Crippen molar-refractivity contribution in [3.63, 3.8) is 0 Å². The normalized spacial score (nSPS) is 11.8. The van der Waals surface area contributed by atoms with Gasteiger partial charge >= 0.3 is 0 Å². The van der Waals surface area contributed by atoms with Crippen molar-refractivity contribution in [1.29, 1.82) is 5.26 Å². The zero-order valence-electron chi connectivity index (χ0n) is 13.4. The molecular formula is C17H20N4O. The summed E-state index contributed by atoms with van der Waals surface area (Å²) in [6.07, 6.45) is 4.60. The molecule has 0 radical (unpaired) electrons. The molecule has 1 aromatic carbocycles. The molecule has 0 aliphatic rings. The molecule has 114 valence electrons. The second kappa shape index (κ2) is 6.44. The molecule has 0 unspecified atom stereocenters. The number of nitriles is 1. The Balaban J connectivity index is 2.53. The van der Waals surface area contributed by atoms with Gasteiger partial charge in [-0.2, -0.15) is 10.4 Å². The van der Waals surface area contributed by atoms with Crippen molar-refractivity contribution in [3.05, 3.63) is 52.8 Å². The van der Waals surface area contributed by atoms with Gasteiger partial charge in [-0.1, -0.05) is 6.92 Å². The van der Waals surface area contributed by atoms with Crippen LogP contribution in [0.4, 0.5) is 0 Å². The van der Waals surface area contributed by atoms with Gasteiger partial charge in [-0.15, -0.1) is 0 Å². The Bertz CT molecular complexity index is 725. The number of nitrogens with zero attached hydrogens (tertiary/aromatic N) is 4. The number of rotatable bonds is 4. The largest absolute Gasteiger partial charge is 0.345 e. The van der Waals surface area contributed by atoms with Crippen LogP contribution in [-0.2, 0) is 7.05 Å². The first-order valence-electron chi connectivity index (χ1n) is 7.22. The average Bonchev–Trinajstić information content (AvgIpc) is 2.93. The van der Waals surface area contributed by atoms with Crippen LogP contribution >= 0.6 is 0 Å². The van der Waals surface area contributed by atoms with E-state index in [4.69, 9.17) is 0 Å². The van der Waals surface area contributed by atoms with Crippen LogP contribution in [0, 0.1) is 11.3 Å². The fourth-order valence-electron chi connectivity index (χ4n) is 2.60. The molecule has 1 aromatic heterocycles. The Morgan fingerprint density at radius 1 is 1.45 bits per heavy atom. The molecule has 0 saturated carbocycles. The Labute approximate surface area is 130 Å². The molecule has 0 fully saturated rings. The van der Waals surface area contributed by atoms with Crippen molar-refractivity contribution in [2.75, 3.05) is 14.1 Å². The van der Waals surface area contributed by atoms with Crippen molar-refractivity contribution in [1.82, 2.24) is 14.7 Å². The maximum absolute atomic E-state index is 12.2. The maximum atomic E-state index is 12.2. The van der Waals surface area contributed by atoms with Crippen LogP contribution in [0.2, 0.25) is 0 Å². The minimum absolute atomic E-state index is 0.0539. The number of hydrogen-bond acceptors (Lipinski definition) is 3. The number of carbonyl (C=O) groups is 1. The smallest absolute Gasteiger partial charge is 0.253 e.